The van der Waals surface area contributed by atoms with Gasteiger partial charge in [-0.2, -0.15) is 13.2 Å². The van der Waals surface area contributed by atoms with Gasteiger partial charge in [0.2, 0.25) is 0 Å². The fraction of sp³-hybridized carbons (Fsp3) is 0.294. The molecule has 1 aromatic carbocycles. The van der Waals surface area contributed by atoms with Gasteiger partial charge in [-0.1, -0.05) is 6.07 Å². The summed E-state index contributed by atoms with van der Waals surface area (Å²) >= 11 is 0. The van der Waals surface area contributed by atoms with Crippen LogP contribution in [0.5, 0.6) is 0 Å². The average molecular weight is 354 g/mol. The predicted molar refractivity (Wildman–Crippen MR) is 86.0 cm³/mol. The van der Waals surface area contributed by atoms with Crippen LogP contribution < -0.4 is 10.9 Å². The van der Waals surface area contributed by atoms with E-state index in [1.807, 2.05) is 0 Å². The first-order chi connectivity index (χ1) is 11.8. The lowest BCUT2D eigenvalue weighted by Gasteiger charge is -2.14. The molecule has 1 amide bonds. The van der Waals surface area contributed by atoms with Gasteiger partial charge < -0.3 is 10.1 Å². The van der Waals surface area contributed by atoms with E-state index < -0.39 is 23.2 Å². The molecule has 134 valence electrons. The number of pyridine rings is 1. The smallest absolute Gasteiger partial charge is 0.383 e. The number of amides is 1. The molecule has 0 unspecified atom stereocenters. The fourth-order valence-corrected chi connectivity index (χ4v) is 2.31. The van der Waals surface area contributed by atoms with Crippen LogP contribution in [0, 0.1) is 6.92 Å². The van der Waals surface area contributed by atoms with Crippen LogP contribution in [-0.2, 0) is 10.9 Å². The Morgan fingerprint density at radius 2 is 1.96 bits per heavy atom. The minimum absolute atomic E-state index is 0.0452. The molecule has 0 bridgehead atoms. The molecule has 1 aromatic heterocycles. The maximum Gasteiger partial charge on any atom is 0.416 e. The highest BCUT2D eigenvalue weighted by Crippen LogP contribution is 2.30. The summed E-state index contributed by atoms with van der Waals surface area (Å²) in [4.78, 5) is 24.7. The number of rotatable bonds is 5. The van der Waals surface area contributed by atoms with Crippen molar-refractivity contribution in [3.05, 3.63) is 63.6 Å². The molecule has 1 heterocycles. The van der Waals surface area contributed by atoms with E-state index in [-0.39, 0.29) is 24.4 Å². The zero-order valence-electron chi connectivity index (χ0n) is 13.7. The summed E-state index contributed by atoms with van der Waals surface area (Å²) in [5.74, 6) is -0.609. The number of nitrogens with zero attached hydrogens (tertiary/aromatic N) is 1. The lowest BCUT2D eigenvalue weighted by molar-refractivity contribution is -0.137. The molecule has 0 aliphatic carbocycles. The van der Waals surface area contributed by atoms with Crippen molar-refractivity contribution in [1.29, 1.82) is 0 Å². The molecule has 0 aliphatic rings. The standard InChI is InChI=1S/C17H17F3N2O3/c1-11-6-7-14(15(23)21-8-9-25-2)16(24)22(11)13-5-3-4-12(10-13)17(18,19)20/h3-7,10H,8-9H2,1-2H3,(H,21,23). The van der Waals surface area contributed by atoms with Gasteiger partial charge in [-0.15, -0.1) is 0 Å². The van der Waals surface area contributed by atoms with Gasteiger partial charge in [0, 0.05) is 25.0 Å². The minimum atomic E-state index is -4.53. The molecule has 1 N–H and O–H groups in total. The molecule has 0 saturated heterocycles. The topological polar surface area (TPSA) is 60.3 Å². The Labute approximate surface area is 142 Å². The molecule has 0 fully saturated rings. The van der Waals surface area contributed by atoms with Crippen LogP contribution in [0.4, 0.5) is 13.2 Å². The predicted octanol–water partition coefficient (Wildman–Crippen LogP) is 2.54. The second-order valence-corrected chi connectivity index (χ2v) is 5.33. The van der Waals surface area contributed by atoms with E-state index in [2.05, 4.69) is 5.32 Å². The van der Waals surface area contributed by atoms with Crippen molar-refractivity contribution in [3.63, 3.8) is 0 Å². The van der Waals surface area contributed by atoms with Gasteiger partial charge in [0.1, 0.15) is 5.56 Å². The molecular weight excluding hydrogens is 337 g/mol. The van der Waals surface area contributed by atoms with E-state index in [9.17, 15) is 22.8 Å². The zero-order valence-corrected chi connectivity index (χ0v) is 13.7. The van der Waals surface area contributed by atoms with Gasteiger partial charge in [-0.05, 0) is 37.3 Å². The van der Waals surface area contributed by atoms with Crippen LogP contribution in [0.15, 0.2) is 41.2 Å². The lowest BCUT2D eigenvalue weighted by atomic mass is 10.1. The normalized spacial score (nSPS) is 11.4. The highest BCUT2D eigenvalue weighted by atomic mass is 19.4. The Kier molecular flexibility index (Phi) is 5.63. The van der Waals surface area contributed by atoms with Crippen LogP contribution in [0.2, 0.25) is 0 Å². The first-order valence-corrected chi connectivity index (χ1v) is 7.43. The number of aryl methyl sites for hydroxylation is 1. The van der Waals surface area contributed by atoms with E-state index >= 15 is 0 Å². The number of aromatic nitrogens is 1. The Bertz CT molecular complexity index is 829. The molecular formula is C17H17F3N2O3. The van der Waals surface area contributed by atoms with Crippen molar-refractivity contribution in [2.75, 3.05) is 20.3 Å². The molecule has 2 rings (SSSR count). The molecule has 2 aromatic rings. The van der Waals surface area contributed by atoms with Crippen LogP contribution in [0.3, 0.4) is 0 Å². The quantitative estimate of drug-likeness (QED) is 0.840. The van der Waals surface area contributed by atoms with E-state index in [4.69, 9.17) is 4.74 Å². The van der Waals surface area contributed by atoms with Crippen molar-refractivity contribution < 1.29 is 22.7 Å². The second-order valence-electron chi connectivity index (χ2n) is 5.33. The lowest BCUT2D eigenvalue weighted by Crippen LogP contribution is -2.34. The number of alkyl halides is 3. The van der Waals surface area contributed by atoms with Crippen molar-refractivity contribution in [1.82, 2.24) is 9.88 Å². The maximum atomic E-state index is 12.9. The van der Waals surface area contributed by atoms with E-state index in [1.165, 1.54) is 31.4 Å². The number of hydrogen-bond acceptors (Lipinski definition) is 3. The number of halogens is 3. The Hall–Kier alpha value is -2.61. The van der Waals surface area contributed by atoms with Gasteiger partial charge in [-0.3, -0.25) is 14.2 Å². The van der Waals surface area contributed by atoms with Crippen LogP contribution >= 0.6 is 0 Å². The fourth-order valence-electron chi connectivity index (χ4n) is 2.31. The molecule has 0 aliphatic heterocycles. The number of carbonyl (C=O) groups is 1. The second kappa shape index (κ2) is 7.52. The van der Waals surface area contributed by atoms with Crippen LogP contribution in [-0.4, -0.2) is 30.7 Å². The third kappa shape index (κ3) is 4.27. The summed E-state index contributed by atoms with van der Waals surface area (Å²) in [6.45, 7) is 2.07. The monoisotopic (exact) mass is 354 g/mol. The summed E-state index contributed by atoms with van der Waals surface area (Å²) in [6, 6.07) is 7.26. The highest BCUT2D eigenvalue weighted by Gasteiger charge is 2.30. The number of carbonyl (C=O) groups excluding carboxylic acids is 1. The summed E-state index contributed by atoms with van der Waals surface area (Å²) in [5, 5.41) is 2.52. The largest absolute Gasteiger partial charge is 0.416 e. The average Bonchev–Trinajstić information content (AvgIpc) is 2.54. The molecule has 0 spiro atoms. The maximum absolute atomic E-state index is 12.9. The summed E-state index contributed by atoms with van der Waals surface area (Å²) in [7, 11) is 1.47. The summed E-state index contributed by atoms with van der Waals surface area (Å²) in [5.41, 5.74) is -1.25. The van der Waals surface area contributed by atoms with Crippen molar-refractivity contribution in [2.24, 2.45) is 0 Å². The molecule has 0 saturated carbocycles. The highest BCUT2D eigenvalue weighted by molar-refractivity contribution is 5.93. The van der Waals surface area contributed by atoms with Crippen LogP contribution in [0.1, 0.15) is 21.6 Å². The van der Waals surface area contributed by atoms with Crippen LogP contribution in [0.25, 0.3) is 5.69 Å². The third-order valence-electron chi connectivity index (χ3n) is 3.55. The first kappa shape index (κ1) is 18.7. The first-order valence-electron chi connectivity index (χ1n) is 7.43. The van der Waals surface area contributed by atoms with E-state index in [0.29, 0.717) is 5.69 Å². The molecule has 0 radical (unpaired) electrons. The van der Waals surface area contributed by atoms with Crippen molar-refractivity contribution in [3.8, 4) is 5.69 Å². The van der Waals surface area contributed by atoms with E-state index in [0.717, 1.165) is 16.7 Å². The number of benzene rings is 1. The molecule has 5 nitrogen and oxygen atoms in total. The van der Waals surface area contributed by atoms with Crippen molar-refractivity contribution in [2.45, 2.75) is 13.1 Å². The zero-order chi connectivity index (χ0) is 18.6. The Morgan fingerprint density at radius 3 is 2.60 bits per heavy atom. The van der Waals surface area contributed by atoms with Gasteiger partial charge in [-0.25, -0.2) is 0 Å². The van der Waals surface area contributed by atoms with Gasteiger partial charge in [0.05, 0.1) is 12.2 Å². The molecule has 8 heteroatoms. The number of nitrogens with one attached hydrogen (secondary N) is 1. The Balaban J connectivity index is 2.47. The van der Waals surface area contributed by atoms with Gasteiger partial charge >= 0.3 is 6.18 Å². The summed E-state index contributed by atoms with van der Waals surface area (Å²) in [6.07, 6.45) is -4.53. The summed E-state index contributed by atoms with van der Waals surface area (Å²) < 4.78 is 44.6. The molecule has 0 atom stereocenters. The molecule has 25 heavy (non-hydrogen) atoms. The van der Waals surface area contributed by atoms with Gasteiger partial charge in [0.25, 0.3) is 11.5 Å². The van der Waals surface area contributed by atoms with Gasteiger partial charge in [0.15, 0.2) is 0 Å². The number of ether oxygens (including phenoxy) is 1. The Morgan fingerprint density at radius 1 is 1.24 bits per heavy atom. The van der Waals surface area contributed by atoms with E-state index in [1.54, 1.807) is 6.92 Å². The van der Waals surface area contributed by atoms with Crippen molar-refractivity contribution >= 4 is 5.91 Å². The number of methoxy groups -OCH3 is 1. The SMILES string of the molecule is COCCNC(=O)c1ccc(C)n(-c2cccc(C(F)(F)F)c2)c1=O. The number of hydrogen-bond donors (Lipinski definition) is 1. The minimum Gasteiger partial charge on any atom is -0.383 e. The third-order valence-corrected chi connectivity index (χ3v) is 3.55.